The number of nitrogens with zero attached hydrogens (tertiary/aromatic N) is 3. The molecule has 1 amide bonds. The second-order valence-corrected chi connectivity index (χ2v) is 8.52. The van der Waals surface area contributed by atoms with Crippen LogP contribution in [-0.2, 0) is 19.5 Å². The van der Waals surface area contributed by atoms with Crippen LogP contribution in [-0.4, -0.2) is 86.3 Å². The minimum atomic E-state index is -3.70. The molecule has 4 rings (SSSR count). The van der Waals surface area contributed by atoms with Gasteiger partial charge in [-0.25, -0.2) is 8.42 Å². The molecular weight excluding hydrogens is 388 g/mol. The van der Waals surface area contributed by atoms with Crippen molar-refractivity contribution >= 4 is 15.9 Å². The Morgan fingerprint density at radius 1 is 1.11 bits per heavy atom. The van der Waals surface area contributed by atoms with Crippen LogP contribution in [0.1, 0.15) is 16.1 Å². The first-order chi connectivity index (χ1) is 13.5. The molecule has 11 heteroatoms. The van der Waals surface area contributed by atoms with Gasteiger partial charge < -0.3 is 18.8 Å². The molecule has 2 saturated heterocycles. The number of carbonyl (C=O) groups excluding carboxylic acids is 1. The Bertz CT molecular complexity index is 954. The molecule has 28 heavy (non-hydrogen) atoms. The van der Waals surface area contributed by atoms with E-state index in [1.807, 2.05) is 0 Å². The quantitative estimate of drug-likeness (QED) is 0.778. The van der Waals surface area contributed by atoms with Crippen LogP contribution in [0.25, 0.3) is 11.5 Å². The fourth-order valence-electron chi connectivity index (χ4n) is 3.34. The highest BCUT2D eigenvalue weighted by atomic mass is 32.2. The van der Waals surface area contributed by atoms with Gasteiger partial charge in [0.25, 0.3) is 5.91 Å². The van der Waals surface area contributed by atoms with E-state index in [-0.39, 0.29) is 22.3 Å². The first kappa shape index (κ1) is 19.1. The maximum atomic E-state index is 13.0. The molecular formula is C17H22N4O6S. The largest absolute Gasteiger partial charge is 0.458 e. The van der Waals surface area contributed by atoms with Crippen molar-refractivity contribution in [3.05, 3.63) is 23.6 Å². The minimum absolute atomic E-state index is 0.0868. The summed E-state index contributed by atoms with van der Waals surface area (Å²) in [5.41, 5.74) is 0.703. The predicted molar refractivity (Wildman–Crippen MR) is 97.3 cm³/mol. The zero-order valence-corrected chi connectivity index (χ0v) is 16.3. The van der Waals surface area contributed by atoms with E-state index in [4.69, 9.17) is 13.9 Å². The van der Waals surface area contributed by atoms with Crippen molar-refractivity contribution in [1.29, 1.82) is 0 Å². The Morgan fingerprint density at radius 2 is 1.75 bits per heavy atom. The molecule has 0 radical (unpaired) electrons. The van der Waals surface area contributed by atoms with Crippen molar-refractivity contribution in [3.8, 4) is 11.5 Å². The maximum absolute atomic E-state index is 13.0. The monoisotopic (exact) mass is 410 g/mol. The maximum Gasteiger partial charge on any atom is 0.257 e. The van der Waals surface area contributed by atoms with Gasteiger partial charge in [-0.15, -0.1) is 0 Å². The highest BCUT2D eigenvalue weighted by molar-refractivity contribution is 7.89. The number of hydrogen-bond acceptors (Lipinski definition) is 7. The van der Waals surface area contributed by atoms with Gasteiger partial charge in [0.2, 0.25) is 10.0 Å². The molecule has 2 fully saturated rings. The molecule has 1 N–H and O–H groups in total. The van der Waals surface area contributed by atoms with Crippen LogP contribution in [0.3, 0.4) is 0 Å². The summed E-state index contributed by atoms with van der Waals surface area (Å²) < 4.78 is 43.5. The van der Waals surface area contributed by atoms with Gasteiger partial charge in [0.05, 0.1) is 38.2 Å². The third-order valence-corrected chi connectivity index (χ3v) is 6.88. The lowest BCUT2D eigenvalue weighted by molar-refractivity contribution is 0.0303. The van der Waals surface area contributed by atoms with Crippen LogP contribution in [0.5, 0.6) is 0 Å². The molecule has 0 saturated carbocycles. The SMILES string of the molecule is Cc1oc(-c2[nH]ncc2C(=O)N2CCOCC2)cc1S(=O)(=O)N1CCOCC1. The number of aromatic nitrogens is 2. The van der Waals surface area contributed by atoms with Crippen molar-refractivity contribution in [2.24, 2.45) is 0 Å². The zero-order chi connectivity index (χ0) is 19.7. The number of aryl methyl sites for hydroxylation is 1. The summed E-state index contributed by atoms with van der Waals surface area (Å²) in [6.07, 6.45) is 1.43. The average Bonchev–Trinajstić information content (AvgIpc) is 3.35. The van der Waals surface area contributed by atoms with Gasteiger partial charge in [-0.3, -0.25) is 9.89 Å². The minimum Gasteiger partial charge on any atom is -0.458 e. The lowest BCUT2D eigenvalue weighted by Gasteiger charge is -2.26. The first-order valence-corrected chi connectivity index (χ1v) is 10.5. The van der Waals surface area contributed by atoms with Gasteiger partial charge in [-0.2, -0.15) is 9.40 Å². The molecule has 0 unspecified atom stereocenters. The van der Waals surface area contributed by atoms with Gasteiger partial charge in [0.1, 0.15) is 16.3 Å². The molecule has 2 aromatic rings. The summed E-state index contributed by atoms with van der Waals surface area (Å²) in [4.78, 5) is 14.6. The fourth-order valence-corrected chi connectivity index (χ4v) is 4.91. The molecule has 2 aliphatic rings. The van der Waals surface area contributed by atoms with E-state index in [9.17, 15) is 13.2 Å². The van der Waals surface area contributed by atoms with Gasteiger partial charge in [-0.05, 0) is 6.92 Å². The summed E-state index contributed by atoms with van der Waals surface area (Å²) in [5.74, 6) is 0.331. The van der Waals surface area contributed by atoms with Crippen molar-refractivity contribution in [2.45, 2.75) is 11.8 Å². The third-order valence-electron chi connectivity index (χ3n) is 4.87. The van der Waals surface area contributed by atoms with E-state index in [0.29, 0.717) is 63.9 Å². The molecule has 0 aliphatic carbocycles. The van der Waals surface area contributed by atoms with E-state index >= 15 is 0 Å². The smallest absolute Gasteiger partial charge is 0.257 e. The second kappa shape index (κ2) is 7.66. The number of amides is 1. The van der Waals surface area contributed by atoms with Gasteiger partial charge in [0.15, 0.2) is 5.76 Å². The van der Waals surface area contributed by atoms with Crippen LogP contribution >= 0.6 is 0 Å². The normalized spacial score (nSPS) is 19.1. The summed E-state index contributed by atoms with van der Waals surface area (Å²) >= 11 is 0. The van der Waals surface area contributed by atoms with E-state index in [1.165, 1.54) is 16.6 Å². The van der Waals surface area contributed by atoms with Crippen LogP contribution in [0.2, 0.25) is 0 Å². The fraction of sp³-hybridized carbons (Fsp3) is 0.529. The molecule has 0 bridgehead atoms. The second-order valence-electron chi connectivity index (χ2n) is 6.61. The van der Waals surface area contributed by atoms with E-state index in [2.05, 4.69) is 10.2 Å². The van der Waals surface area contributed by atoms with Gasteiger partial charge in [0, 0.05) is 32.2 Å². The molecule has 4 heterocycles. The van der Waals surface area contributed by atoms with Crippen molar-refractivity contribution < 1.29 is 27.1 Å². The number of sulfonamides is 1. The van der Waals surface area contributed by atoms with E-state index < -0.39 is 10.0 Å². The van der Waals surface area contributed by atoms with Gasteiger partial charge in [-0.1, -0.05) is 0 Å². The van der Waals surface area contributed by atoms with Crippen molar-refractivity contribution in [3.63, 3.8) is 0 Å². The van der Waals surface area contributed by atoms with E-state index in [0.717, 1.165) is 0 Å². The summed E-state index contributed by atoms with van der Waals surface area (Å²) in [6, 6.07) is 1.45. The molecule has 0 aromatic carbocycles. The van der Waals surface area contributed by atoms with Gasteiger partial charge >= 0.3 is 0 Å². The number of morpholine rings is 2. The van der Waals surface area contributed by atoms with Crippen LogP contribution in [0.15, 0.2) is 21.6 Å². The van der Waals surface area contributed by atoms with Crippen molar-refractivity contribution in [1.82, 2.24) is 19.4 Å². The Balaban J connectivity index is 1.64. The Kier molecular flexibility index (Phi) is 5.23. The highest BCUT2D eigenvalue weighted by Gasteiger charge is 2.32. The number of furan rings is 1. The molecule has 0 spiro atoms. The third kappa shape index (κ3) is 3.46. The first-order valence-electron chi connectivity index (χ1n) is 9.07. The molecule has 152 valence electrons. The average molecular weight is 410 g/mol. The summed E-state index contributed by atoms with van der Waals surface area (Å²) in [6.45, 7) is 4.89. The Morgan fingerprint density at radius 3 is 2.43 bits per heavy atom. The standard InChI is InChI=1S/C17H22N4O6S/c1-12-15(28(23,24)21-4-8-26-9-5-21)10-14(27-12)16-13(11-18-19-16)17(22)20-2-6-25-7-3-20/h10-11H,2-9H2,1H3,(H,18,19). The lowest BCUT2D eigenvalue weighted by Crippen LogP contribution is -2.40. The molecule has 2 aromatic heterocycles. The topological polar surface area (TPSA) is 118 Å². The molecule has 2 aliphatic heterocycles. The van der Waals surface area contributed by atoms with Crippen LogP contribution < -0.4 is 0 Å². The number of hydrogen-bond donors (Lipinski definition) is 1. The number of carbonyl (C=O) groups is 1. The van der Waals surface area contributed by atoms with Crippen LogP contribution in [0, 0.1) is 6.92 Å². The number of H-pyrrole nitrogens is 1. The van der Waals surface area contributed by atoms with Crippen LogP contribution in [0.4, 0.5) is 0 Å². The Hall–Kier alpha value is -2.21. The highest BCUT2D eigenvalue weighted by Crippen LogP contribution is 2.31. The molecule has 0 atom stereocenters. The predicted octanol–water partition coefficient (Wildman–Crippen LogP) is 0.471. The number of aromatic amines is 1. The number of ether oxygens (including phenoxy) is 2. The molecule has 10 nitrogen and oxygen atoms in total. The van der Waals surface area contributed by atoms with E-state index in [1.54, 1.807) is 11.8 Å². The van der Waals surface area contributed by atoms with Crippen molar-refractivity contribution in [2.75, 3.05) is 52.6 Å². The summed E-state index contributed by atoms with van der Waals surface area (Å²) in [7, 11) is -3.70. The Labute approximate surface area is 162 Å². The zero-order valence-electron chi connectivity index (χ0n) is 15.5. The number of rotatable bonds is 4. The number of nitrogens with one attached hydrogen (secondary N) is 1. The summed E-state index contributed by atoms with van der Waals surface area (Å²) in [5, 5.41) is 6.73. The lowest BCUT2D eigenvalue weighted by atomic mass is 10.2.